The van der Waals surface area contributed by atoms with Gasteiger partial charge in [-0.25, -0.2) is 18.6 Å². The van der Waals surface area contributed by atoms with Crippen molar-refractivity contribution in [2.75, 3.05) is 25.0 Å². The molecule has 3 heterocycles. The monoisotopic (exact) mass is 445 g/mol. The number of fused-ring (bicyclic) bond motifs is 3. The molecular formula is C21H18ClF2N5O2. The van der Waals surface area contributed by atoms with Crippen LogP contribution in [0.4, 0.5) is 19.3 Å². The van der Waals surface area contributed by atoms with E-state index in [-0.39, 0.29) is 22.9 Å². The van der Waals surface area contributed by atoms with E-state index < -0.39 is 30.0 Å². The van der Waals surface area contributed by atoms with Gasteiger partial charge in [0.2, 0.25) is 5.96 Å². The van der Waals surface area contributed by atoms with Gasteiger partial charge in [0.05, 0.1) is 6.54 Å². The smallest absolute Gasteiger partial charge is 0.325 e. The van der Waals surface area contributed by atoms with Crippen LogP contribution >= 0.6 is 11.6 Å². The van der Waals surface area contributed by atoms with Gasteiger partial charge in [0, 0.05) is 36.4 Å². The fraction of sp³-hybridized carbons (Fsp3) is 0.286. The third-order valence-corrected chi connectivity index (χ3v) is 6.25. The lowest BCUT2D eigenvalue weighted by molar-refractivity contribution is -0.137. The van der Waals surface area contributed by atoms with Crippen molar-refractivity contribution in [1.29, 1.82) is 0 Å². The van der Waals surface area contributed by atoms with E-state index >= 15 is 0 Å². The summed E-state index contributed by atoms with van der Waals surface area (Å²) in [6.45, 7) is 0.818. The number of amides is 3. The molecule has 10 heteroatoms. The summed E-state index contributed by atoms with van der Waals surface area (Å²) in [6.07, 6.45) is -0.689. The number of benzene rings is 2. The number of likely N-dealkylation sites (N-methyl/N-ethyl adjacent to an activating group) is 1. The molecule has 0 radical (unpaired) electrons. The number of imide groups is 1. The molecule has 31 heavy (non-hydrogen) atoms. The Balaban J connectivity index is 1.45. The molecule has 0 bridgehead atoms. The van der Waals surface area contributed by atoms with Crippen LogP contribution in [0.3, 0.4) is 0 Å². The maximum atomic E-state index is 14.3. The van der Waals surface area contributed by atoms with Crippen LogP contribution in [0.2, 0.25) is 5.02 Å². The number of hydrogen-bond donors (Lipinski definition) is 0. The summed E-state index contributed by atoms with van der Waals surface area (Å²) in [5.41, 5.74) is 0.837. The van der Waals surface area contributed by atoms with Gasteiger partial charge < -0.3 is 14.7 Å². The van der Waals surface area contributed by atoms with Gasteiger partial charge in [-0.3, -0.25) is 9.69 Å². The molecule has 7 nitrogen and oxygen atoms in total. The number of urea groups is 1. The number of guanidine groups is 1. The molecule has 5 rings (SSSR count). The molecule has 3 aliphatic heterocycles. The molecule has 3 aliphatic rings. The van der Waals surface area contributed by atoms with Gasteiger partial charge in [-0.2, -0.15) is 0 Å². The SMILES string of the molecule is CN1C(=O)N(Cc2c(F)cccc2Cl)C(=O)C2C1N=C1N(c3ccc(F)cc3)CCN12. The molecular weight excluding hydrogens is 428 g/mol. The molecule has 2 aromatic carbocycles. The minimum atomic E-state index is -0.714. The summed E-state index contributed by atoms with van der Waals surface area (Å²) in [6, 6.07) is 8.96. The molecule has 0 spiro atoms. The van der Waals surface area contributed by atoms with Gasteiger partial charge in [0.25, 0.3) is 5.91 Å². The van der Waals surface area contributed by atoms with Crippen molar-refractivity contribution in [2.24, 2.45) is 4.99 Å². The second-order valence-corrected chi connectivity index (χ2v) is 8.03. The number of hydrogen-bond acceptors (Lipinski definition) is 5. The fourth-order valence-corrected chi connectivity index (χ4v) is 4.51. The zero-order valence-electron chi connectivity index (χ0n) is 16.5. The van der Waals surface area contributed by atoms with Crippen LogP contribution in [-0.2, 0) is 11.3 Å². The number of rotatable bonds is 3. The minimum absolute atomic E-state index is 0.0891. The van der Waals surface area contributed by atoms with E-state index in [1.54, 1.807) is 19.2 Å². The molecule has 160 valence electrons. The van der Waals surface area contributed by atoms with Crippen LogP contribution in [0.15, 0.2) is 47.5 Å². The standard InChI is InChI=1S/C21H18ClF2N5O2/c1-26-18-17(19(30)29(21(26)31)11-14-15(22)3-2-4-16(14)24)28-10-9-27(20(28)25-18)13-7-5-12(23)6-8-13/h2-8,17-18H,9-11H2,1H3. The van der Waals surface area contributed by atoms with Crippen molar-refractivity contribution in [1.82, 2.24) is 14.7 Å². The number of carbonyl (C=O) groups is 2. The summed E-state index contributed by atoms with van der Waals surface area (Å²) in [4.78, 5) is 37.1. The Morgan fingerprint density at radius 1 is 1.10 bits per heavy atom. The zero-order valence-corrected chi connectivity index (χ0v) is 17.3. The highest BCUT2D eigenvalue weighted by Gasteiger charge is 2.54. The first-order valence-corrected chi connectivity index (χ1v) is 10.1. The number of anilines is 1. The third kappa shape index (κ3) is 3.03. The van der Waals surface area contributed by atoms with Crippen LogP contribution in [0.5, 0.6) is 0 Å². The summed E-state index contributed by atoms with van der Waals surface area (Å²) >= 11 is 6.11. The number of halogens is 3. The molecule has 2 unspecified atom stereocenters. The van der Waals surface area contributed by atoms with Crippen LogP contribution in [0.25, 0.3) is 0 Å². The summed E-state index contributed by atoms with van der Waals surface area (Å²) in [7, 11) is 1.57. The van der Waals surface area contributed by atoms with Gasteiger partial charge in [-0.15, -0.1) is 0 Å². The summed E-state index contributed by atoms with van der Waals surface area (Å²) in [5, 5.41) is 0.150. The number of nitrogens with zero attached hydrogens (tertiary/aromatic N) is 5. The molecule has 2 atom stereocenters. The van der Waals surface area contributed by atoms with E-state index in [0.29, 0.717) is 19.0 Å². The fourth-order valence-electron chi connectivity index (χ4n) is 4.29. The van der Waals surface area contributed by atoms with Gasteiger partial charge in [0.1, 0.15) is 11.6 Å². The average Bonchev–Trinajstić information content (AvgIpc) is 3.31. The van der Waals surface area contributed by atoms with E-state index in [4.69, 9.17) is 11.6 Å². The van der Waals surface area contributed by atoms with E-state index in [0.717, 1.165) is 10.6 Å². The first kappa shape index (κ1) is 19.7. The second kappa shape index (κ2) is 7.19. The first-order valence-electron chi connectivity index (χ1n) is 9.75. The van der Waals surface area contributed by atoms with Crippen molar-refractivity contribution in [2.45, 2.75) is 18.8 Å². The Morgan fingerprint density at radius 3 is 2.55 bits per heavy atom. The lowest BCUT2D eigenvalue weighted by atomic mass is 10.1. The van der Waals surface area contributed by atoms with E-state index in [1.807, 2.05) is 9.80 Å². The normalized spacial score (nSPS) is 22.8. The molecule has 0 N–H and O–H groups in total. The van der Waals surface area contributed by atoms with Crippen molar-refractivity contribution in [3.63, 3.8) is 0 Å². The zero-order chi connectivity index (χ0) is 21.9. The van der Waals surface area contributed by atoms with Gasteiger partial charge >= 0.3 is 6.03 Å². The highest BCUT2D eigenvalue weighted by molar-refractivity contribution is 6.31. The first-order chi connectivity index (χ1) is 14.9. The third-order valence-electron chi connectivity index (χ3n) is 5.89. The maximum absolute atomic E-state index is 14.3. The average molecular weight is 446 g/mol. The van der Waals surface area contributed by atoms with Crippen molar-refractivity contribution in [3.05, 3.63) is 64.7 Å². The van der Waals surface area contributed by atoms with Crippen molar-refractivity contribution < 1.29 is 18.4 Å². The maximum Gasteiger partial charge on any atom is 0.328 e. The minimum Gasteiger partial charge on any atom is -0.325 e. The molecule has 0 aromatic heterocycles. The van der Waals surface area contributed by atoms with Gasteiger partial charge in [-0.1, -0.05) is 17.7 Å². The van der Waals surface area contributed by atoms with Crippen molar-refractivity contribution >= 4 is 35.2 Å². The second-order valence-electron chi connectivity index (χ2n) is 7.63. The van der Waals surface area contributed by atoms with Crippen LogP contribution in [-0.4, -0.2) is 64.9 Å². The van der Waals surface area contributed by atoms with Gasteiger partial charge in [0.15, 0.2) is 12.2 Å². The summed E-state index contributed by atoms with van der Waals surface area (Å²) in [5.74, 6) is -0.817. The predicted octanol–water partition coefficient (Wildman–Crippen LogP) is 2.90. The molecule has 0 saturated carbocycles. The quantitative estimate of drug-likeness (QED) is 0.729. The lowest BCUT2D eigenvalue weighted by Gasteiger charge is -2.40. The largest absolute Gasteiger partial charge is 0.328 e. The Bertz CT molecular complexity index is 1090. The van der Waals surface area contributed by atoms with Crippen LogP contribution < -0.4 is 4.90 Å². The van der Waals surface area contributed by atoms with E-state index in [1.165, 1.54) is 35.2 Å². The molecule has 2 fully saturated rings. The van der Waals surface area contributed by atoms with Gasteiger partial charge in [-0.05, 0) is 36.4 Å². The Labute approximate surface area is 182 Å². The lowest BCUT2D eigenvalue weighted by Crippen LogP contribution is -2.64. The molecule has 0 aliphatic carbocycles. The highest BCUT2D eigenvalue weighted by Crippen LogP contribution is 2.34. The van der Waals surface area contributed by atoms with E-state index in [9.17, 15) is 18.4 Å². The van der Waals surface area contributed by atoms with Crippen molar-refractivity contribution in [3.8, 4) is 0 Å². The summed E-state index contributed by atoms with van der Waals surface area (Å²) < 4.78 is 27.6. The molecule has 3 amide bonds. The molecule has 2 saturated heterocycles. The van der Waals surface area contributed by atoms with Crippen LogP contribution in [0.1, 0.15) is 5.56 Å². The highest BCUT2D eigenvalue weighted by atomic mass is 35.5. The molecule has 2 aromatic rings. The Hall–Kier alpha value is -3.20. The Kier molecular flexibility index (Phi) is 4.58. The predicted molar refractivity (Wildman–Crippen MR) is 111 cm³/mol. The Morgan fingerprint density at radius 2 is 1.84 bits per heavy atom. The number of carbonyl (C=O) groups excluding carboxylic acids is 2. The van der Waals surface area contributed by atoms with Crippen LogP contribution in [0, 0.1) is 11.6 Å². The topological polar surface area (TPSA) is 59.5 Å². The van der Waals surface area contributed by atoms with E-state index in [2.05, 4.69) is 4.99 Å². The number of aliphatic imine (C=N–C) groups is 1.